The number of benzene rings is 5. The van der Waals surface area contributed by atoms with Crippen LogP contribution in [-0.2, 0) is 31.9 Å². The second-order valence-electron chi connectivity index (χ2n) is 15.2. The van der Waals surface area contributed by atoms with E-state index in [2.05, 4.69) is 166 Å². The number of pyridine rings is 1. The fourth-order valence-corrected chi connectivity index (χ4v) is 6.66. The molecule has 1 aliphatic rings. The van der Waals surface area contributed by atoms with Crippen molar-refractivity contribution in [2.24, 2.45) is 0 Å². The summed E-state index contributed by atoms with van der Waals surface area (Å²) in [4.78, 5) is 9.06. The van der Waals surface area contributed by atoms with Gasteiger partial charge in [-0.2, -0.15) is 12.1 Å². The third-order valence-corrected chi connectivity index (χ3v) is 9.51. The van der Waals surface area contributed by atoms with Crippen LogP contribution in [-0.4, -0.2) is 9.55 Å². The first-order valence-corrected chi connectivity index (χ1v) is 17.5. The van der Waals surface area contributed by atoms with E-state index >= 15 is 0 Å². The molecular formula is C46H41N4OPt-3. The number of rotatable bonds is 6. The van der Waals surface area contributed by atoms with E-state index in [1.807, 2.05) is 42.7 Å². The molecule has 7 aromatic rings. The minimum Gasteiger partial charge on any atom is -0.509 e. The van der Waals surface area contributed by atoms with Crippen LogP contribution >= 0.6 is 0 Å². The number of anilines is 2. The molecule has 0 bridgehead atoms. The van der Waals surface area contributed by atoms with Gasteiger partial charge in [0.1, 0.15) is 5.82 Å². The standard InChI is InChI=1S/C46H41N4O.Pt/c1-45(2,3)33-19-22-42-40(27-33)39-21-20-37(30-43(39)50(42)44-28-34(23-24-47-44)46(4,5)6)51-36-16-12-15-35(29-36)48-25-26-49(31-48)41-18-11-10-17-38(41)32-13-8-7-9-14-32;/h7-28,31H,1-6H3;/q-3;. The van der Waals surface area contributed by atoms with Gasteiger partial charge in [0.25, 0.3) is 0 Å². The molecule has 5 aromatic carbocycles. The van der Waals surface area contributed by atoms with Gasteiger partial charge < -0.3 is 19.1 Å². The topological polar surface area (TPSA) is 33.5 Å². The summed E-state index contributed by atoms with van der Waals surface area (Å²) in [6.45, 7) is 15.5. The van der Waals surface area contributed by atoms with Crippen LogP contribution in [0.1, 0.15) is 52.7 Å². The molecule has 0 N–H and O–H groups in total. The Morgan fingerprint density at radius 2 is 1.35 bits per heavy atom. The van der Waals surface area contributed by atoms with Crippen molar-refractivity contribution in [1.82, 2.24) is 9.55 Å². The predicted octanol–water partition coefficient (Wildman–Crippen LogP) is 11.7. The fraction of sp³-hybridized carbons (Fsp3) is 0.174. The molecule has 52 heavy (non-hydrogen) atoms. The van der Waals surface area contributed by atoms with Gasteiger partial charge in [-0.3, -0.25) is 0 Å². The Balaban J connectivity index is 0.00000420. The van der Waals surface area contributed by atoms with Crippen molar-refractivity contribution < 1.29 is 25.8 Å². The molecule has 0 saturated heterocycles. The molecule has 6 heteroatoms. The van der Waals surface area contributed by atoms with Crippen molar-refractivity contribution in [1.29, 1.82) is 0 Å². The van der Waals surface area contributed by atoms with Gasteiger partial charge in [-0.25, -0.2) is 4.98 Å². The maximum atomic E-state index is 6.49. The zero-order valence-electron chi connectivity index (χ0n) is 30.3. The molecule has 8 rings (SSSR count). The van der Waals surface area contributed by atoms with Crippen LogP contribution in [0.5, 0.6) is 11.5 Å². The SMILES string of the molecule is CC(C)(C)c1ccnc(-n2c3[c-]c(Oc4[c-]c(N5C=CN(c6ccccc6-c6ccccc6)[CH-]5)ccc4)ccc3c3cc(C(C)(C)C)ccc32)c1.[Pt]. The molecule has 2 aromatic heterocycles. The first kappa shape index (κ1) is 35.3. The predicted molar refractivity (Wildman–Crippen MR) is 210 cm³/mol. The van der Waals surface area contributed by atoms with Gasteiger partial charge in [0.05, 0.1) is 0 Å². The molecule has 0 unspecified atom stereocenters. The Kier molecular flexibility index (Phi) is 9.35. The number of aromatic nitrogens is 2. The summed E-state index contributed by atoms with van der Waals surface area (Å²) in [6, 6.07) is 47.2. The summed E-state index contributed by atoms with van der Waals surface area (Å²) < 4.78 is 8.71. The summed E-state index contributed by atoms with van der Waals surface area (Å²) >= 11 is 0. The van der Waals surface area contributed by atoms with Gasteiger partial charge in [0.2, 0.25) is 0 Å². The number of fused-ring (bicyclic) bond motifs is 3. The van der Waals surface area contributed by atoms with Crippen molar-refractivity contribution in [3.63, 3.8) is 0 Å². The zero-order valence-corrected chi connectivity index (χ0v) is 32.6. The third kappa shape index (κ3) is 6.78. The van der Waals surface area contributed by atoms with Crippen molar-refractivity contribution >= 4 is 33.2 Å². The third-order valence-electron chi connectivity index (χ3n) is 9.51. The Labute approximate surface area is 321 Å². The van der Waals surface area contributed by atoms with E-state index in [0.29, 0.717) is 11.5 Å². The van der Waals surface area contributed by atoms with Crippen LogP contribution in [0.2, 0.25) is 0 Å². The molecule has 0 radical (unpaired) electrons. The van der Waals surface area contributed by atoms with E-state index in [9.17, 15) is 0 Å². The summed E-state index contributed by atoms with van der Waals surface area (Å²) in [6.07, 6.45) is 6.01. The fourth-order valence-electron chi connectivity index (χ4n) is 6.66. The molecule has 0 spiro atoms. The first-order valence-electron chi connectivity index (χ1n) is 17.5. The molecule has 0 aliphatic carbocycles. The van der Waals surface area contributed by atoms with Crippen LogP contribution < -0.4 is 14.5 Å². The van der Waals surface area contributed by atoms with Gasteiger partial charge in [-0.15, -0.1) is 48.1 Å². The van der Waals surface area contributed by atoms with Crippen molar-refractivity contribution in [3.8, 4) is 28.4 Å². The molecular weight excluding hydrogens is 820 g/mol. The zero-order chi connectivity index (χ0) is 35.3. The number of nitrogens with zero attached hydrogens (tertiary/aromatic N) is 4. The van der Waals surface area contributed by atoms with Gasteiger partial charge in [-0.1, -0.05) is 108 Å². The van der Waals surface area contributed by atoms with Crippen LogP contribution in [0, 0.1) is 18.8 Å². The maximum Gasteiger partial charge on any atom is 0.135 e. The van der Waals surface area contributed by atoms with E-state index in [4.69, 9.17) is 9.72 Å². The average Bonchev–Trinajstić information content (AvgIpc) is 3.75. The quantitative estimate of drug-likeness (QED) is 0.156. The van der Waals surface area contributed by atoms with Crippen LogP contribution in [0.15, 0.2) is 134 Å². The van der Waals surface area contributed by atoms with Crippen LogP contribution in [0.3, 0.4) is 0 Å². The van der Waals surface area contributed by atoms with Gasteiger partial charge in [0, 0.05) is 55.5 Å². The number of para-hydroxylation sites is 1. The summed E-state index contributed by atoms with van der Waals surface area (Å²) in [5.41, 5.74) is 8.84. The number of hydrogen-bond acceptors (Lipinski definition) is 4. The second-order valence-corrected chi connectivity index (χ2v) is 15.2. The number of hydrogen-bond donors (Lipinski definition) is 0. The van der Waals surface area contributed by atoms with Gasteiger partial charge in [0.15, 0.2) is 0 Å². The second kappa shape index (κ2) is 13.8. The van der Waals surface area contributed by atoms with E-state index in [1.165, 1.54) is 27.6 Å². The monoisotopic (exact) mass is 860 g/mol. The average molecular weight is 861 g/mol. The Bertz CT molecular complexity index is 2420. The maximum absolute atomic E-state index is 6.49. The Morgan fingerprint density at radius 1 is 0.635 bits per heavy atom. The normalized spacial score (nSPS) is 13.2. The van der Waals surface area contributed by atoms with E-state index < -0.39 is 0 Å². The van der Waals surface area contributed by atoms with Crippen molar-refractivity contribution in [3.05, 3.63) is 164 Å². The minimum atomic E-state index is -0.0149. The van der Waals surface area contributed by atoms with Crippen LogP contribution in [0.25, 0.3) is 38.8 Å². The van der Waals surface area contributed by atoms with Crippen molar-refractivity contribution in [2.75, 3.05) is 9.80 Å². The smallest absolute Gasteiger partial charge is 0.135 e. The molecule has 3 heterocycles. The molecule has 0 atom stereocenters. The summed E-state index contributed by atoms with van der Waals surface area (Å²) in [5, 5.41) is 2.28. The Morgan fingerprint density at radius 3 is 2.13 bits per heavy atom. The summed E-state index contributed by atoms with van der Waals surface area (Å²) in [5.74, 6) is 2.09. The largest absolute Gasteiger partial charge is 0.509 e. The van der Waals surface area contributed by atoms with E-state index in [-0.39, 0.29) is 31.9 Å². The van der Waals surface area contributed by atoms with E-state index in [1.54, 1.807) is 0 Å². The van der Waals surface area contributed by atoms with Crippen molar-refractivity contribution in [2.45, 2.75) is 52.4 Å². The molecule has 264 valence electrons. The first-order chi connectivity index (χ1) is 24.5. The van der Waals surface area contributed by atoms with Crippen LogP contribution in [0.4, 0.5) is 11.4 Å². The Hall–Kier alpha value is -5.12. The number of ether oxygens (including phenoxy) is 1. The molecule has 0 saturated carbocycles. The molecule has 0 amide bonds. The molecule has 0 fully saturated rings. The van der Waals surface area contributed by atoms with E-state index in [0.717, 1.165) is 33.6 Å². The molecule has 1 aliphatic heterocycles. The van der Waals surface area contributed by atoms with Gasteiger partial charge >= 0.3 is 0 Å². The minimum absolute atomic E-state index is 0. The van der Waals surface area contributed by atoms with Gasteiger partial charge in [-0.05, 0) is 69.6 Å². The summed E-state index contributed by atoms with van der Waals surface area (Å²) in [7, 11) is 0. The molecule has 5 nitrogen and oxygen atoms in total.